The summed E-state index contributed by atoms with van der Waals surface area (Å²) in [5.41, 5.74) is 6.76. The SMILES string of the molecule is CCOc1ccc(OCC)c(NC(N)=NCc2nnc3n2CCC3)c1.I. The van der Waals surface area contributed by atoms with Gasteiger partial charge in [0.2, 0.25) is 0 Å². The van der Waals surface area contributed by atoms with Crippen LogP contribution in [0.15, 0.2) is 23.2 Å². The number of nitrogens with two attached hydrogens (primary N) is 1. The highest BCUT2D eigenvalue weighted by molar-refractivity contribution is 14.0. The summed E-state index contributed by atoms with van der Waals surface area (Å²) in [6.45, 7) is 6.37. The van der Waals surface area contributed by atoms with E-state index in [4.69, 9.17) is 15.2 Å². The Balaban J connectivity index is 0.00000243. The van der Waals surface area contributed by atoms with Crippen LogP contribution in [-0.2, 0) is 19.5 Å². The van der Waals surface area contributed by atoms with Gasteiger partial charge in [0, 0.05) is 19.0 Å². The minimum Gasteiger partial charge on any atom is -0.494 e. The van der Waals surface area contributed by atoms with Gasteiger partial charge < -0.3 is 25.1 Å². The topological polar surface area (TPSA) is 99.6 Å². The minimum atomic E-state index is 0. The van der Waals surface area contributed by atoms with Gasteiger partial charge in [0.15, 0.2) is 11.8 Å². The molecule has 0 aliphatic carbocycles. The monoisotopic (exact) mass is 472 g/mol. The highest BCUT2D eigenvalue weighted by Crippen LogP contribution is 2.29. The molecule has 26 heavy (non-hydrogen) atoms. The molecule has 0 saturated heterocycles. The van der Waals surface area contributed by atoms with Crippen LogP contribution in [-0.4, -0.2) is 33.9 Å². The summed E-state index contributed by atoms with van der Waals surface area (Å²) in [7, 11) is 0. The summed E-state index contributed by atoms with van der Waals surface area (Å²) >= 11 is 0. The first-order valence-electron chi connectivity index (χ1n) is 8.58. The molecule has 0 unspecified atom stereocenters. The van der Waals surface area contributed by atoms with Gasteiger partial charge in [-0.05, 0) is 32.4 Å². The fourth-order valence-electron chi connectivity index (χ4n) is 2.81. The standard InChI is InChI=1S/C17H24N6O2.HI/c1-3-24-12-7-8-14(25-4-2)13(10-12)20-17(18)19-11-16-22-21-15-6-5-9-23(15)16;/h7-8,10H,3-6,9,11H2,1-2H3,(H3,18,19,20);1H. The number of hydrogen-bond acceptors (Lipinski definition) is 5. The Kier molecular flexibility index (Phi) is 7.49. The fourth-order valence-corrected chi connectivity index (χ4v) is 2.81. The zero-order valence-corrected chi connectivity index (χ0v) is 17.4. The van der Waals surface area contributed by atoms with Crippen LogP contribution in [0.4, 0.5) is 5.69 Å². The summed E-state index contributed by atoms with van der Waals surface area (Å²) in [5, 5.41) is 11.4. The number of benzene rings is 1. The van der Waals surface area contributed by atoms with E-state index in [1.807, 2.05) is 32.0 Å². The van der Waals surface area contributed by atoms with Crippen molar-refractivity contribution < 1.29 is 9.47 Å². The number of aryl methyl sites for hydroxylation is 1. The molecule has 0 amide bonds. The second-order valence-corrected chi connectivity index (χ2v) is 5.64. The number of anilines is 1. The Morgan fingerprint density at radius 2 is 2.08 bits per heavy atom. The number of hydrogen-bond donors (Lipinski definition) is 2. The quantitative estimate of drug-likeness (QED) is 0.365. The molecule has 9 heteroatoms. The average molecular weight is 472 g/mol. The van der Waals surface area contributed by atoms with E-state index < -0.39 is 0 Å². The lowest BCUT2D eigenvalue weighted by molar-refractivity contribution is 0.332. The second kappa shape index (κ2) is 9.60. The Morgan fingerprint density at radius 1 is 1.27 bits per heavy atom. The zero-order chi connectivity index (χ0) is 17.6. The number of rotatable bonds is 7. The molecular formula is C17H25IN6O2. The van der Waals surface area contributed by atoms with E-state index in [0.29, 0.717) is 31.5 Å². The molecule has 2 aromatic rings. The predicted octanol–water partition coefficient (Wildman–Crippen LogP) is 2.57. The van der Waals surface area contributed by atoms with Crippen LogP contribution in [0.2, 0.25) is 0 Å². The number of halogens is 1. The van der Waals surface area contributed by atoms with Crippen molar-refractivity contribution in [2.45, 2.75) is 39.8 Å². The largest absolute Gasteiger partial charge is 0.494 e. The molecular weight excluding hydrogens is 447 g/mol. The molecule has 1 aliphatic rings. The third-order valence-corrected chi connectivity index (χ3v) is 3.90. The molecule has 1 aromatic carbocycles. The maximum atomic E-state index is 6.04. The van der Waals surface area contributed by atoms with Crippen LogP contribution in [0.3, 0.4) is 0 Å². The smallest absolute Gasteiger partial charge is 0.193 e. The van der Waals surface area contributed by atoms with E-state index in [2.05, 4.69) is 25.1 Å². The van der Waals surface area contributed by atoms with Gasteiger partial charge in [0.05, 0.1) is 18.9 Å². The number of ether oxygens (including phenoxy) is 2. The molecule has 3 rings (SSSR count). The van der Waals surface area contributed by atoms with Crippen molar-refractivity contribution >= 4 is 35.6 Å². The van der Waals surface area contributed by atoms with Gasteiger partial charge >= 0.3 is 0 Å². The first-order valence-corrected chi connectivity index (χ1v) is 8.58. The minimum absolute atomic E-state index is 0. The lowest BCUT2D eigenvalue weighted by atomic mass is 10.2. The molecule has 0 fully saturated rings. The van der Waals surface area contributed by atoms with Crippen LogP contribution >= 0.6 is 24.0 Å². The van der Waals surface area contributed by atoms with E-state index >= 15 is 0 Å². The predicted molar refractivity (Wildman–Crippen MR) is 111 cm³/mol. The van der Waals surface area contributed by atoms with Gasteiger partial charge in [-0.15, -0.1) is 34.2 Å². The maximum Gasteiger partial charge on any atom is 0.193 e. The molecule has 1 aromatic heterocycles. The highest BCUT2D eigenvalue weighted by Gasteiger charge is 2.16. The summed E-state index contributed by atoms with van der Waals surface area (Å²) in [6.07, 6.45) is 2.09. The molecule has 142 valence electrons. The first kappa shape index (κ1) is 20.3. The number of fused-ring (bicyclic) bond motifs is 1. The number of guanidine groups is 1. The van der Waals surface area contributed by atoms with Gasteiger partial charge in [-0.2, -0.15) is 0 Å². The van der Waals surface area contributed by atoms with Gasteiger partial charge in [0.1, 0.15) is 23.9 Å². The summed E-state index contributed by atoms with van der Waals surface area (Å²) in [4.78, 5) is 4.38. The normalized spacial score (nSPS) is 13.1. The Bertz CT molecular complexity index is 762. The Morgan fingerprint density at radius 3 is 2.85 bits per heavy atom. The third kappa shape index (κ3) is 4.77. The average Bonchev–Trinajstić information content (AvgIpc) is 3.20. The number of aromatic nitrogens is 3. The van der Waals surface area contributed by atoms with Crippen molar-refractivity contribution in [3.05, 3.63) is 29.8 Å². The van der Waals surface area contributed by atoms with Crippen molar-refractivity contribution in [1.82, 2.24) is 14.8 Å². The lowest BCUT2D eigenvalue weighted by Crippen LogP contribution is -2.23. The van der Waals surface area contributed by atoms with Crippen molar-refractivity contribution in [2.75, 3.05) is 18.5 Å². The number of nitrogens with zero attached hydrogens (tertiary/aromatic N) is 4. The molecule has 0 saturated carbocycles. The van der Waals surface area contributed by atoms with Gasteiger partial charge in [-0.3, -0.25) is 0 Å². The Labute approximate surface area is 170 Å². The number of aliphatic imine (C=N–C) groups is 1. The van der Waals surface area contributed by atoms with Crippen LogP contribution in [0.1, 0.15) is 31.9 Å². The highest BCUT2D eigenvalue weighted by atomic mass is 127. The van der Waals surface area contributed by atoms with Crippen molar-refractivity contribution in [2.24, 2.45) is 10.7 Å². The molecule has 3 N–H and O–H groups in total. The molecule has 0 bridgehead atoms. The van der Waals surface area contributed by atoms with Crippen LogP contribution in [0.25, 0.3) is 0 Å². The van der Waals surface area contributed by atoms with Crippen LogP contribution in [0.5, 0.6) is 11.5 Å². The summed E-state index contributed by atoms with van der Waals surface area (Å²) in [5.74, 6) is 3.61. The van der Waals surface area contributed by atoms with E-state index in [0.717, 1.165) is 42.5 Å². The lowest BCUT2D eigenvalue weighted by Gasteiger charge is -2.14. The van der Waals surface area contributed by atoms with E-state index in [1.165, 1.54) is 0 Å². The van der Waals surface area contributed by atoms with Crippen molar-refractivity contribution in [3.63, 3.8) is 0 Å². The molecule has 8 nitrogen and oxygen atoms in total. The summed E-state index contributed by atoms with van der Waals surface area (Å²) < 4.78 is 13.3. The van der Waals surface area contributed by atoms with Gasteiger partial charge in [-0.1, -0.05) is 0 Å². The van der Waals surface area contributed by atoms with Crippen LogP contribution < -0.4 is 20.5 Å². The molecule has 1 aliphatic heterocycles. The zero-order valence-electron chi connectivity index (χ0n) is 15.1. The van der Waals surface area contributed by atoms with Crippen molar-refractivity contribution in [1.29, 1.82) is 0 Å². The van der Waals surface area contributed by atoms with Gasteiger partial charge in [0.25, 0.3) is 0 Å². The fraction of sp³-hybridized carbons (Fsp3) is 0.471. The van der Waals surface area contributed by atoms with Crippen molar-refractivity contribution in [3.8, 4) is 11.5 Å². The molecule has 0 radical (unpaired) electrons. The first-order chi connectivity index (χ1) is 12.2. The van der Waals surface area contributed by atoms with Crippen LogP contribution in [0, 0.1) is 0 Å². The molecule has 2 heterocycles. The van der Waals surface area contributed by atoms with Gasteiger partial charge in [-0.25, -0.2) is 4.99 Å². The maximum absolute atomic E-state index is 6.04. The second-order valence-electron chi connectivity index (χ2n) is 5.64. The molecule has 0 spiro atoms. The summed E-state index contributed by atoms with van der Waals surface area (Å²) in [6, 6.07) is 5.58. The van der Waals surface area contributed by atoms with E-state index in [9.17, 15) is 0 Å². The number of nitrogens with one attached hydrogen (secondary N) is 1. The third-order valence-electron chi connectivity index (χ3n) is 3.90. The van der Waals surface area contributed by atoms with E-state index in [-0.39, 0.29) is 24.0 Å². The Hall–Kier alpha value is -2.04. The molecule has 0 atom stereocenters. The van der Waals surface area contributed by atoms with E-state index in [1.54, 1.807) is 0 Å².